The van der Waals surface area contributed by atoms with E-state index >= 15 is 0 Å². The Hall–Kier alpha value is -6.61. The number of pyridine rings is 2. The Bertz CT molecular complexity index is 4580. The number of aromatic nitrogens is 5. The molecule has 30 heteroatoms. The number of anilines is 3. The summed E-state index contributed by atoms with van der Waals surface area (Å²) in [6.07, 6.45) is -5.30. The number of thiol groups is 2. The van der Waals surface area contributed by atoms with Gasteiger partial charge in [0.2, 0.25) is 12.2 Å². The molecule has 3 aliphatic rings. The minimum absolute atomic E-state index is 0. The van der Waals surface area contributed by atoms with Crippen LogP contribution in [0.25, 0.3) is 44.2 Å². The van der Waals surface area contributed by atoms with Gasteiger partial charge in [0, 0.05) is 62.0 Å². The Labute approximate surface area is 626 Å². The van der Waals surface area contributed by atoms with Crippen LogP contribution in [0.1, 0.15) is 79.0 Å². The Morgan fingerprint density at radius 2 is 1.57 bits per heavy atom. The Kier molecular flexibility index (Phi) is 23.8. The van der Waals surface area contributed by atoms with Crippen LogP contribution in [0.5, 0.6) is 23.0 Å². The molecule has 6 aromatic carbocycles. The normalized spacial score (nSPS) is 18.6. The van der Waals surface area contributed by atoms with Crippen molar-refractivity contribution in [2.24, 2.45) is 10.2 Å². The second kappa shape index (κ2) is 31.1. The molecule has 0 bridgehead atoms. The number of nitrogen functional groups attached to an aromatic ring is 1. The van der Waals surface area contributed by atoms with E-state index in [1.54, 1.807) is 66.3 Å². The zero-order valence-electron chi connectivity index (χ0n) is 53.3. The molecule has 9 aromatic rings. The first kappa shape index (κ1) is 73.6. The number of aryl methyl sites for hydroxylation is 3. The van der Waals surface area contributed by atoms with Crippen molar-refractivity contribution < 1.29 is 157 Å². The molecule has 0 radical (unpaired) electrons. The molecule has 6 heterocycles. The van der Waals surface area contributed by atoms with E-state index < -0.39 is 53.8 Å². The number of amides is 1. The third-order valence-electron chi connectivity index (χ3n) is 16.8. The fourth-order valence-electron chi connectivity index (χ4n) is 11.6. The quantitative estimate of drug-likeness (QED) is 0.0160. The molecule has 96 heavy (non-hydrogen) atoms. The largest absolute Gasteiger partial charge is 1.00 e. The maximum atomic E-state index is 13.8. The summed E-state index contributed by atoms with van der Waals surface area (Å²) in [6, 6.07) is 30.3. The summed E-state index contributed by atoms with van der Waals surface area (Å²) < 4.78 is 27.0. The molecule has 25 nitrogen and oxygen atoms in total. The predicted molar refractivity (Wildman–Crippen MR) is 346 cm³/mol. The van der Waals surface area contributed by atoms with E-state index in [0.717, 1.165) is 34.2 Å². The minimum atomic E-state index is -1.92. The molecular weight excluding hydrogens is 1310 g/mol. The number of ether oxygens (including phenoxy) is 4. The molecule has 12 rings (SSSR count). The van der Waals surface area contributed by atoms with Crippen LogP contribution in [-0.2, 0) is 55.9 Å². The number of benzene rings is 6. The van der Waals surface area contributed by atoms with Gasteiger partial charge in [0.1, 0.15) is 71.4 Å². The van der Waals surface area contributed by atoms with Gasteiger partial charge in [-0.2, -0.15) is 5.11 Å². The van der Waals surface area contributed by atoms with Gasteiger partial charge in [-0.15, -0.1) is 35.5 Å². The van der Waals surface area contributed by atoms with Crippen LogP contribution in [0, 0.1) is 13.8 Å². The van der Waals surface area contributed by atoms with Crippen LogP contribution in [0.2, 0.25) is 0 Å². The number of nitrogens with zero attached hydrogens (tertiary/aromatic N) is 7. The van der Waals surface area contributed by atoms with Crippen molar-refractivity contribution >= 4 is 93.2 Å². The SMILES string of the molecule is CC[C@@]1(O)CC(=O)ONc2c1cc1n(c2=O)Cc2cc3cc(OCc4ccc(O[C@@H]5O[C@H](C(=O)O)[C@@H](O)[C@H](O)[C@H]5O)cc4OCc4cn(CCCCCC(=O)Nc5ccc(-c6ccc(/N=N/c7ccc8c(S)cc(S)c(N)c8c7O)c(C)c6)cc5C)nn4)ccc3nc2-1.[Na+].[Na+].[Na+]. The molecule has 3 aromatic heterocycles. The zero-order chi connectivity index (χ0) is 65.6. The molecule has 0 saturated carbocycles. The number of fused-ring (bicyclic) bond motifs is 6. The molecule has 0 aliphatic carbocycles. The van der Waals surface area contributed by atoms with Gasteiger partial charge in [-0.1, -0.05) is 36.8 Å². The number of aliphatic carboxylic acids is 1. The summed E-state index contributed by atoms with van der Waals surface area (Å²) >= 11 is 8.90. The number of hydrogen-bond donors (Lipinski definition) is 11. The smallest absolute Gasteiger partial charge is 0.505 e. The molecule has 480 valence electrons. The number of carboxylic acids is 1. The number of aliphatic hydroxyl groups is 4. The average Bonchev–Trinajstić information content (AvgIpc) is 1.53. The minimum Gasteiger partial charge on any atom is -0.505 e. The second-order valence-electron chi connectivity index (χ2n) is 23.1. The van der Waals surface area contributed by atoms with Crippen molar-refractivity contribution in [1.82, 2.24) is 24.5 Å². The number of aromatic hydroxyl groups is 1. The van der Waals surface area contributed by atoms with Crippen molar-refractivity contribution in [3.63, 3.8) is 0 Å². The number of carbonyl (C=O) groups is 3. The van der Waals surface area contributed by atoms with E-state index in [0.29, 0.717) is 103 Å². The summed E-state index contributed by atoms with van der Waals surface area (Å²) in [5.74, 6) is -1.74. The first-order valence-electron chi connectivity index (χ1n) is 29.8. The summed E-state index contributed by atoms with van der Waals surface area (Å²) in [4.78, 5) is 62.3. The molecule has 1 amide bonds. The van der Waals surface area contributed by atoms with Crippen molar-refractivity contribution in [2.75, 3.05) is 16.5 Å². The average molecular weight is 1370 g/mol. The Morgan fingerprint density at radius 1 is 0.833 bits per heavy atom. The maximum Gasteiger partial charge on any atom is 1.00 e. The number of carboxylic acid groups (broad SMARTS) is 1. The molecule has 6 atom stereocenters. The summed E-state index contributed by atoms with van der Waals surface area (Å²) in [6.45, 7) is 6.15. The molecule has 3 aliphatic heterocycles. The summed E-state index contributed by atoms with van der Waals surface area (Å²) in [5, 5.41) is 85.8. The van der Waals surface area contributed by atoms with Crippen molar-refractivity contribution in [3.8, 4) is 45.5 Å². The summed E-state index contributed by atoms with van der Waals surface area (Å²) in [7, 11) is 0. The van der Waals surface area contributed by atoms with E-state index in [9.17, 15) is 49.8 Å². The van der Waals surface area contributed by atoms with Crippen LogP contribution in [-0.4, -0.2) is 104 Å². The van der Waals surface area contributed by atoms with E-state index in [1.165, 1.54) is 16.7 Å². The van der Waals surface area contributed by atoms with Gasteiger partial charge >= 0.3 is 101 Å². The van der Waals surface area contributed by atoms with Crippen LogP contribution >= 0.6 is 25.3 Å². The van der Waals surface area contributed by atoms with Gasteiger partial charge in [-0.25, -0.2) is 20.1 Å². The van der Waals surface area contributed by atoms with Gasteiger partial charge in [0.25, 0.3) is 5.56 Å². The van der Waals surface area contributed by atoms with Gasteiger partial charge in [-0.05, 0) is 134 Å². The van der Waals surface area contributed by atoms with Gasteiger partial charge in [0.15, 0.2) is 11.9 Å². The number of rotatable bonds is 20. The van der Waals surface area contributed by atoms with E-state index in [1.807, 2.05) is 56.3 Å². The molecular formula is C66H64N10Na3O15S2+3. The molecule has 0 unspecified atom stereocenters. The van der Waals surface area contributed by atoms with Crippen molar-refractivity contribution in [3.05, 3.63) is 153 Å². The molecule has 10 N–H and O–H groups in total. The molecule has 1 fully saturated rings. The fraction of sp³-hybridized carbons (Fsp3) is 0.288. The Balaban J connectivity index is 0.00000361. The van der Waals surface area contributed by atoms with E-state index in [4.69, 9.17) is 34.5 Å². The van der Waals surface area contributed by atoms with Gasteiger partial charge in [-0.3, -0.25) is 14.3 Å². The van der Waals surface area contributed by atoms with E-state index in [-0.39, 0.29) is 161 Å². The monoisotopic (exact) mass is 1370 g/mol. The number of azo groups is 1. The number of unbranched alkanes of at least 4 members (excludes halogenated alkanes) is 2. The standard InChI is InChI=1S/C66H64N10O15S2.3Na/c1-4-66(86)27-53(78)91-73-57-43(66)25-48-56-38(28-76(48)63(57)83)22-37-23-40(13-17-46(37)69-56)87-30-36-9-12-41(89-65-61(82)59(80)60(81)62(90-65)64(84)85)24-49(36)88-31-39-29-75(74-70-39)19-7-5-6-8-52(77)68-44-15-10-34(20-32(44)2)35-11-16-45(33(3)21-35)71-72-47-18-14-42-50(92)26-51(93)55(67)54(42)58(47)79;;;/h9-18,20-26,29,59-62,65,73,79-82,86,92-93H,4-8,19,27-28,30-31,67H2,1-3H3,(H,68,77)(H,84,85);;;/q;3*+1/b72-71+;;;/t59-,60-,61+,62-,65+,66+;;;/m0.../s1. The van der Waals surface area contributed by atoms with Crippen molar-refractivity contribution in [1.29, 1.82) is 0 Å². The Morgan fingerprint density at radius 3 is 2.32 bits per heavy atom. The number of phenols is 1. The number of hydrogen-bond acceptors (Lipinski definition) is 23. The topological polar surface area (TPSA) is 359 Å². The van der Waals surface area contributed by atoms with E-state index in [2.05, 4.69) is 56.6 Å². The van der Waals surface area contributed by atoms with Gasteiger partial charge in [0.05, 0.1) is 52.8 Å². The number of carbonyl (C=O) groups excluding carboxylic acids is 2. The number of aliphatic hydroxyl groups excluding tert-OH is 3. The van der Waals surface area contributed by atoms with Crippen LogP contribution < -0.4 is 125 Å². The van der Waals surface area contributed by atoms with Crippen LogP contribution in [0.4, 0.5) is 28.4 Å². The maximum absolute atomic E-state index is 13.8. The summed E-state index contributed by atoms with van der Waals surface area (Å²) in [5.41, 5.74) is 15.8. The molecule has 0 spiro atoms. The third-order valence-corrected chi connectivity index (χ3v) is 17.6. The van der Waals surface area contributed by atoms with Gasteiger partial charge < -0.3 is 70.0 Å². The number of nitrogens with two attached hydrogens (primary N) is 1. The fourth-order valence-corrected chi connectivity index (χ4v) is 12.2. The van der Waals surface area contributed by atoms with Crippen LogP contribution in [0.15, 0.2) is 134 Å². The number of phenolic OH excluding ortho intramolecular Hbond substituents is 1. The second-order valence-corrected chi connectivity index (χ2v) is 24.1. The van der Waals surface area contributed by atoms with Crippen molar-refractivity contribution in [2.45, 2.75) is 132 Å². The number of nitrogens with one attached hydrogen (secondary N) is 2. The third kappa shape index (κ3) is 15.5. The molecule has 1 saturated heterocycles. The first-order valence-corrected chi connectivity index (χ1v) is 30.7. The zero-order valence-corrected chi connectivity index (χ0v) is 61.1. The van der Waals surface area contributed by atoms with Crippen LogP contribution in [0.3, 0.4) is 0 Å². The predicted octanol–water partition coefficient (Wildman–Crippen LogP) is 0.246. The first-order chi connectivity index (χ1) is 44.6.